The third-order valence-electron chi connectivity index (χ3n) is 4.39. The number of para-hydroxylation sites is 1. The molecule has 0 unspecified atom stereocenters. The first-order valence-corrected chi connectivity index (χ1v) is 9.84. The van der Waals surface area contributed by atoms with Crippen LogP contribution in [0.25, 0.3) is 0 Å². The summed E-state index contributed by atoms with van der Waals surface area (Å²) in [6.45, 7) is 0.0607. The summed E-state index contributed by atoms with van der Waals surface area (Å²) >= 11 is 3.53. The van der Waals surface area contributed by atoms with Gasteiger partial charge in [0, 0.05) is 21.8 Å². The van der Waals surface area contributed by atoms with E-state index in [1.165, 1.54) is 7.11 Å². The van der Waals surface area contributed by atoms with Crippen LogP contribution in [-0.2, 0) is 9.53 Å². The van der Waals surface area contributed by atoms with Gasteiger partial charge in [-0.3, -0.25) is 15.1 Å². The molecular weight excluding hydrogens is 432 g/mol. The molecule has 0 radical (unpaired) electrons. The number of hydrogen-bond acceptors (Lipinski definition) is 5. The molecule has 0 saturated heterocycles. The van der Waals surface area contributed by atoms with Gasteiger partial charge in [-0.05, 0) is 35.9 Å². The van der Waals surface area contributed by atoms with Crippen molar-refractivity contribution in [3.63, 3.8) is 0 Å². The SMILES string of the molecule is COC(=O)CN[C@@H](c1ccccc1)c1cc(Br)ccc1N=Cc1ccccc1O. The summed E-state index contributed by atoms with van der Waals surface area (Å²) in [6.07, 6.45) is 1.63. The van der Waals surface area contributed by atoms with E-state index < -0.39 is 0 Å². The van der Waals surface area contributed by atoms with Crippen molar-refractivity contribution in [2.45, 2.75) is 6.04 Å². The zero-order valence-electron chi connectivity index (χ0n) is 15.9. The van der Waals surface area contributed by atoms with Crippen LogP contribution in [0.5, 0.6) is 5.75 Å². The highest BCUT2D eigenvalue weighted by Crippen LogP contribution is 2.33. The van der Waals surface area contributed by atoms with E-state index in [0.29, 0.717) is 5.56 Å². The molecule has 0 fully saturated rings. The molecule has 0 aromatic heterocycles. The van der Waals surface area contributed by atoms with Crippen LogP contribution in [0.3, 0.4) is 0 Å². The lowest BCUT2D eigenvalue weighted by Crippen LogP contribution is -2.29. The van der Waals surface area contributed by atoms with Gasteiger partial charge in [0.25, 0.3) is 0 Å². The van der Waals surface area contributed by atoms with Gasteiger partial charge in [-0.15, -0.1) is 0 Å². The minimum atomic E-state index is -0.347. The first-order valence-electron chi connectivity index (χ1n) is 9.05. The average molecular weight is 453 g/mol. The molecule has 0 saturated carbocycles. The predicted octanol–water partition coefficient (Wildman–Crippen LogP) is 4.76. The van der Waals surface area contributed by atoms with Crippen LogP contribution in [0.1, 0.15) is 22.7 Å². The molecule has 3 aromatic rings. The number of ether oxygens (including phenoxy) is 1. The molecule has 0 aliphatic heterocycles. The summed E-state index contributed by atoms with van der Waals surface area (Å²) in [5, 5.41) is 13.3. The lowest BCUT2D eigenvalue weighted by molar-refractivity contribution is -0.139. The number of carbonyl (C=O) groups excluding carboxylic acids is 1. The maximum absolute atomic E-state index is 11.7. The van der Waals surface area contributed by atoms with Crippen molar-refractivity contribution in [3.8, 4) is 5.75 Å². The van der Waals surface area contributed by atoms with E-state index in [2.05, 4.69) is 26.2 Å². The number of aromatic hydroxyl groups is 1. The summed E-state index contributed by atoms with van der Waals surface area (Å²) in [6, 6.07) is 22.3. The van der Waals surface area contributed by atoms with Crippen LogP contribution >= 0.6 is 15.9 Å². The van der Waals surface area contributed by atoms with Gasteiger partial charge in [0.1, 0.15) is 5.75 Å². The third-order valence-corrected chi connectivity index (χ3v) is 4.88. The van der Waals surface area contributed by atoms with Crippen LogP contribution in [0.4, 0.5) is 5.69 Å². The summed E-state index contributed by atoms with van der Waals surface area (Å²) in [5.41, 5.74) is 3.23. The highest BCUT2D eigenvalue weighted by molar-refractivity contribution is 9.10. The fourth-order valence-corrected chi connectivity index (χ4v) is 3.30. The standard InChI is InChI=1S/C23H21BrN2O3/c1-29-22(28)15-26-23(16-7-3-2-4-8-16)19-13-18(24)11-12-20(19)25-14-17-9-5-6-10-21(17)27/h2-14,23,26-27H,15H2,1H3/t23-/m0/s1. The fourth-order valence-electron chi connectivity index (χ4n) is 2.92. The van der Waals surface area contributed by atoms with E-state index in [1.54, 1.807) is 24.4 Å². The number of benzene rings is 3. The number of phenolic OH excluding ortho intramolecular Hbond substituents is 1. The van der Waals surface area contributed by atoms with Crippen molar-refractivity contribution in [1.29, 1.82) is 0 Å². The second kappa shape index (κ2) is 10.0. The van der Waals surface area contributed by atoms with Crippen LogP contribution in [0, 0.1) is 0 Å². The van der Waals surface area contributed by atoms with Crippen LogP contribution in [0.15, 0.2) is 82.3 Å². The zero-order chi connectivity index (χ0) is 20.6. The number of phenols is 1. The Labute approximate surface area is 178 Å². The third kappa shape index (κ3) is 5.53. The minimum absolute atomic E-state index is 0.0607. The summed E-state index contributed by atoms with van der Waals surface area (Å²) in [7, 11) is 1.36. The van der Waals surface area contributed by atoms with Gasteiger partial charge in [-0.25, -0.2) is 0 Å². The van der Waals surface area contributed by atoms with Crippen molar-refractivity contribution in [1.82, 2.24) is 5.32 Å². The van der Waals surface area contributed by atoms with E-state index in [0.717, 1.165) is 21.3 Å². The molecule has 0 aliphatic rings. The Morgan fingerprint density at radius 3 is 2.59 bits per heavy atom. The van der Waals surface area contributed by atoms with E-state index >= 15 is 0 Å². The Balaban J connectivity index is 2.01. The molecule has 0 heterocycles. The van der Waals surface area contributed by atoms with Crippen molar-refractivity contribution in [3.05, 3.63) is 94.0 Å². The van der Waals surface area contributed by atoms with E-state index in [9.17, 15) is 9.90 Å². The van der Waals surface area contributed by atoms with Gasteiger partial charge in [-0.1, -0.05) is 58.4 Å². The van der Waals surface area contributed by atoms with Crippen molar-refractivity contribution in [2.75, 3.05) is 13.7 Å². The first-order chi connectivity index (χ1) is 14.1. The number of esters is 1. The Bertz CT molecular complexity index is 1010. The van der Waals surface area contributed by atoms with Gasteiger partial charge in [-0.2, -0.15) is 0 Å². The van der Waals surface area contributed by atoms with E-state index in [-0.39, 0.29) is 24.3 Å². The Kier molecular flexibility index (Phi) is 7.16. The molecule has 0 aliphatic carbocycles. The molecule has 5 nitrogen and oxygen atoms in total. The first kappa shape index (κ1) is 20.8. The minimum Gasteiger partial charge on any atom is -0.507 e. The monoisotopic (exact) mass is 452 g/mol. The molecule has 0 amide bonds. The number of rotatable bonds is 7. The van der Waals surface area contributed by atoms with Crippen LogP contribution in [0.2, 0.25) is 0 Å². The highest BCUT2D eigenvalue weighted by Gasteiger charge is 2.19. The largest absolute Gasteiger partial charge is 0.507 e. The number of aliphatic imine (C=N–C) groups is 1. The Hall–Kier alpha value is -2.96. The van der Waals surface area contributed by atoms with Crippen LogP contribution in [-0.4, -0.2) is 30.9 Å². The lowest BCUT2D eigenvalue weighted by atomic mass is 9.97. The van der Waals surface area contributed by atoms with Gasteiger partial charge in [0.2, 0.25) is 0 Å². The zero-order valence-corrected chi connectivity index (χ0v) is 17.5. The molecule has 6 heteroatoms. The molecule has 148 valence electrons. The van der Waals surface area contributed by atoms with Gasteiger partial charge in [0.15, 0.2) is 0 Å². The molecule has 3 aromatic carbocycles. The number of nitrogens with one attached hydrogen (secondary N) is 1. The highest BCUT2D eigenvalue weighted by atomic mass is 79.9. The van der Waals surface area contributed by atoms with Gasteiger partial charge in [0.05, 0.1) is 25.4 Å². The number of carbonyl (C=O) groups is 1. The maximum atomic E-state index is 11.7. The van der Waals surface area contributed by atoms with Crippen molar-refractivity contribution in [2.24, 2.45) is 4.99 Å². The average Bonchev–Trinajstić information content (AvgIpc) is 2.75. The molecule has 3 rings (SSSR count). The topological polar surface area (TPSA) is 70.9 Å². The summed E-state index contributed by atoms with van der Waals surface area (Å²) < 4.78 is 5.67. The summed E-state index contributed by atoms with van der Waals surface area (Å²) in [4.78, 5) is 16.3. The van der Waals surface area contributed by atoms with E-state index in [4.69, 9.17) is 4.74 Å². The second-order valence-electron chi connectivity index (χ2n) is 6.32. The van der Waals surface area contributed by atoms with Crippen molar-refractivity contribution < 1.29 is 14.6 Å². The lowest BCUT2D eigenvalue weighted by Gasteiger charge is -2.21. The fraction of sp³-hybridized carbons (Fsp3) is 0.130. The van der Waals surface area contributed by atoms with Gasteiger partial charge < -0.3 is 9.84 Å². The number of methoxy groups -OCH3 is 1. The smallest absolute Gasteiger partial charge is 0.319 e. The summed E-state index contributed by atoms with van der Waals surface area (Å²) in [5.74, 6) is -0.182. The molecular formula is C23H21BrN2O3. The molecule has 0 spiro atoms. The van der Waals surface area contributed by atoms with E-state index in [1.807, 2.05) is 54.6 Å². The quantitative estimate of drug-likeness (QED) is 0.400. The second-order valence-corrected chi connectivity index (χ2v) is 7.24. The number of halogens is 1. The molecule has 0 bridgehead atoms. The maximum Gasteiger partial charge on any atom is 0.319 e. The predicted molar refractivity (Wildman–Crippen MR) is 118 cm³/mol. The Morgan fingerprint density at radius 1 is 1.14 bits per heavy atom. The van der Waals surface area contributed by atoms with Crippen LogP contribution < -0.4 is 5.32 Å². The normalized spacial score (nSPS) is 12.1. The number of hydrogen-bond donors (Lipinski definition) is 2. The van der Waals surface area contributed by atoms with Gasteiger partial charge >= 0.3 is 5.97 Å². The molecule has 2 N–H and O–H groups in total. The van der Waals surface area contributed by atoms with Crippen molar-refractivity contribution >= 4 is 33.8 Å². The number of nitrogens with zero attached hydrogens (tertiary/aromatic N) is 1. The molecule has 29 heavy (non-hydrogen) atoms. The Morgan fingerprint density at radius 2 is 1.86 bits per heavy atom. The molecule has 1 atom stereocenters.